The van der Waals surface area contributed by atoms with Gasteiger partial charge < -0.3 is 21.8 Å². The molecule has 30 heavy (non-hydrogen) atoms. The summed E-state index contributed by atoms with van der Waals surface area (Å²) in [6, 6.07) is 19.4. The molecule has 0 radical (unpaired) electrons. The molecular weight excluding hydrogens is 378 g/mol. The number of hydrogen-bond donors (Lipinski definition) is 4. The molecule has 2 heterocycles. The first-order valence-corrected chi connectivity index (χ1v) is 9.23. The highest BCUT2D eigenvalue weighted by atomic mass is 16.2. The Hall–Kier alpha value is -4.39. The van der Waals surface area contributed by atoms with Crippen LogP contribution in [0.5, 0.6) is 0 Å². The number of amides is 2. The number of carbonyl (C=O) groups is 2. The Labute approximate surface area is 172 Å². The maximum atomic E-state index is 12.4. The smallest absolute Gasteiger partial charge is 0.256 e. The average Bonchev–Trinajstić information content (AvgIpc) is 3.14. The van der Waals surface area contributed by atoms with Crippen LogP contribution in [0.2, 0.25) is 0 Å². The molecule has 0 spiro atoms. The van der Waals surface area contributed by atoms with Gasteiger partial charge in [0.2, 0.25) is 5.91 Å². The van der Waals surface area contributed by atoms with Crippen molar-refractivity contribution >= 4 is 46.0 Å². The predicted molar refractivity (Wildman–Crippen MR) is 118 cm³/mol. The largest absolute Gasteiger partial charge is 0.399 e. The van der Waals surface area contributed by atoms with Gasteiger partial charge in [-0.05, 0) is 42.0 Å². The number of pyridine rings is 1. The van der Waals surface area contributed by atoms with Gasteiger partial charge in [-0.25, -0.2) is 4.98 Å². The number of H-pyrrole nitrogens is 1. The van der Waals surface area contributed by atoms with Gasteiger partial charge in [-0.3, -0.25) is 9.59 Å². The number of aromatic amines is 1. The lowest BCUT2D eigenvalue weighted by molar-refractivity contribution is -0.112. The molecule has 2 aromatic heterocycles. The van der Waals surface area contributed by atoms with E-state index in [2.05, 4.69) is 15.3 Å². The second-order valence-electron chi connectivity index (χ2n) is 6.70. The van der Waals surface area contributed by atoms with Crippen LogP contribution in [-0.2, 0) is 4.79 Å². The fourth-order valence-corrected chi connectivity index (χ4v) is 3.15. The van der Waals surface area contributed by atoms with Crippen LogP contribution in [0.3, 0.4) is 0 Å². The van der Waals surface area contributed by atoms with E-state index in [-0.39, 0.29) is 5.91 Å². The highest BCUT2D eigenvalue weighted by molar-refractivity contribution is 6.24. The number of carbonyl (C=O) groups excluding carboxylic acids is 2. The van der Waals surface area contributed by atoms with Gasteiger partial charge >= 0.3 is 0 Å². The molecule has 4 rings (SSSR count). The van der Waals surface area contributed by atoms with Gasteiger partial charge in [0.1, 0.15) is 11.5 Å². The van der Waals surface area contributed by atoms with Gasteiger partial charge in [0.25, 0.3) is 5.91 Å². The topological polar surface area (TPSA) is 127 Å². The van der Waals surface area contributed by atoms with Crippen LogP contribution in [0.4, 0.5) is 11.5 Å². The number of benzene rings is 2. The Morgan fingerprint density at radius 3 is 2.47 bits per heavy atom. The summed E-state index contributed by atoms with van der Waals surface area (Å²) in [5.74, 6) is -0.430. The molecule has 2 amide bonds. The van der Waals surface area contributed by atoms with Crippen molar-refractivity contribution in [2.45, 2.75) is 0 Å². The Balaban J connectivity index is 1.64. The van der Waals surface area contributed by atoms with Crippen LogP contribution < -0.4 is 16.8 Å². The van der Waals surface area contributed by atoms with E-state index in [4.69, 9.17) is 11.5 Å². The number of nitrogens with zero attached hydrogens (tertiary/aromatic N) is 1. The van der Waals surface area contributed by atoms with E-state index in [1.54, 1.807) is 42.6 Å². The summed E-state index contributed by atoms with van der Waals surface area (Å²) in [6.07, 6.45) is 3.47. The summed E-state index contributed by atoms with van der Waals surface area (Å²) in [6.45, 7) is 0. The van der Waals surface area contributed by atoms with Crippen LogP contribution in [-0.4, -0.2) is 21.8 Å². The summed E-state index contributed by atoms with van der Waals surface area (Å²) in [5.41, 5.74) is 14.7. The van der Waals surface area contributed by atoms with Gasteiger partial charge in [0.15, 0.2) is 0 Å². The molecule has 2 aromatic carbocycles. The molecule has 7 heteroatoms. The number of nitrogens with two attached hydrogens (primary N) is 2. The van der Waals surface area contributed by atoms with Gasteiger partial charge in [0.05, 0.1) is 0 Å². The van der Waals surface area contributed by atoms with E-state index in [1.165, 1.54) is 0 Å². The monoisotopic (exact) mass is 397 g/mol. The van der Waals surface area contributed by atoms with E-state index in [0.29, 0.717) is 28.3 Å². The standard InChI is InChI=1S/C23H19N5O2/c24-17-8-4-7-15(11-17)23(30)28-20-10-9-18-16(13-26-22(18)27-20)12-19(21(25)29)14-5-2-1-3-6-14/h1-13H,24H2,(H2,25,29)(H2,26,27,28,30)/b19-12-. The molecular formula is C23H19N5O2. The van der Waals surface area contributed by atoms with E-state index < -0.39 is 5.91 Å². The Morgan fingerprint density at radius 1 is 0.967 bits per heavy atom. The molecule has 6 N–H and O–H groups in total. The highest BCUT2D eigenvalue weighted by Gasteiger charge is 2.12. The molecule has 148 valence electrons. The van der Waals surface area contributed by atoms with E-state index in [1.807, 2.05) is 36.4 Å². The van der Waals surface area contributed by atoms with Crippen molar-refractivity contribution in [3.05, 3.63) is 89.6 Å². The lowest BCUT2D eigenvalue weighted by Gasteiger charge is -2.06. The number of aromatic nitrogens is 2. The van der Waals surface area contributed by atoms with Crippen LogP contribution in [0.25, 0.3) is 22.7 Å². The fourth-order valence-electron chi connectivity index (χ4n) is 3.15. The number of rotatable bonds is 5. The van der Waals surface area contributed by atoms with E-state index in [0.717, 1.165) is 16.5 Å². The first kappa shape index (κ1) is 18.9. The number of nitrogen functional groups attached to an aromatic ring is 1. The van der Waals surface area contributed by atoms with Crippen molar-refractivity contribution in [1.82, 2.24) is 9.97 Å². The summed E-state index contributed by atoms with van der Waals surface area (Å²) < 4.78 is 0. The van der Waals surface area contributed by atoms with E-state index in [9.17, 15) is 9.59 Å². The van der Waals surface area contributed by atoms with Gasteiger partial charge in [-0.15, -0.1) is 0 Å². The molecule has 0 saturated carbocycles. The average molecular weight is 397 g/mol. The Bertz CT molecular complexity index is 1280. The molecule has 0 bridgehead atoms. The minimum Gasteiger partial charge on any atom is -0.399 e. The van der Waals surface area contributed by atoms with Crippen molar-refractivity contribution in [2.75, 3.05) is 11.1 Å². The highest BCUT2D eigenvalue weighted by Crippen LogP contribution is 2.24. The predicted octanol–water partition coefficient (Wildman–Crippen LogP) is 3.42. The first-order valence-electron chi connectivity index (χ1n) is 9.23. The molecule has 0 atom stereocenters. The maximum Gasteiger partial charge on any atom is 0.256 e. The third-order valence-electron chi connectivity index (χ3n) is 4.61. The van der Waals surface area contributed by atoms with Crippen molar-refractivity contribution < 1.29 is 9.59 Å². The normalized spacial score (nSPS) is 11.4. The first-order chi connectivity index (χ1) is 14.5. The summed E-state index contributed by atoms with van der Waals surface area (Å²) >= 11 is 0. The van der Waals surface area contributed by atoms with Crippen LogP contribution >= 0.6 is 0 Å². The van der Waals surface area contributed by atoms with Crippen molar-refractivity contribution in [3.8, 4) is 0 Å². The number of nitrogens with one attached hydrogen (secondary N) is 2. The Kier molecular flexibility index (Phi) is 5.00. The number of primary amides is 1. The molecule has 0 unspecified atom stereocenters. The lowest BCUT2D eigenvalue weighted by Crippen LogP contribution is -2.13. The minimum atomic E-state index is -0.519. The van der Waals surface area contributed by atoms with Gasteiger partial charge in [0, 0.05) is 34.0 Å². The zero-order valence-electron chi connectivity index (χ0n) is 15.9. The second-order valence-corrected chi connectivity index (χ2v) is 6.70. The van der Waals surface area contributed by atoms with Crippen LogP contribution in [0.15, 0.2) is 72.9 Å². The molecule has 4 aromatic rings. The Morgan fingerprint density at radius 2 is 1.73 bits per heavy atom. The third-order valence-corrected chi connectivity index (χ3v) is 4.61. The minimum absolute atomic E-state index is 0.305. The maximum absolute atomic E-state index is 12.4. The third kappa shape index (κ3) is 3.90. The van der Waals surface area contributed by atoms with Crippen LogP contribution in [0, 0.1) is 0 Å². The molecule has 0 aliphatic heterocycles. The molecule has 0 saturated heterocycles. The van der Waals surface area contributed by atoms with Gasteiger partial charge in [-0.1, -0.05) is 36.4 Å². The van der Waals surface area contributed by atoms with Crippen LogP contribution in [0.1, 0.15) is 21.5 Å². The molecule has 0 aliphatic rings. The van der Waals surface area contributed by atoms with Crippen molar-refractivity contribution in [3.63, 3.8) is 0 Å². The molecule has 7 nitrogen and oxygen atoms in total. The molecule has 0 fully saturated rings. The summed E-state index contributed by atoms with van der Waals surface area (Å²) in [7, 11) is 0. The second kappa shape index (κ2) is 7.92. The summed E-state index contributed by atoms with van der Waals surface area (Å²) in [4.78, 5) is 31.9. The lowest BCUT2D eigenvalue weighted by atomic mass is 10.0. The quantitative estimate of drug-likeness (QED) is 0.304. The number of fused-ring (bicyclic) bond motifs is 1. The fraction of sp³-hybridized carbons (Fsp3) is 0. The number of hydrogen-bond acceptors (Lipinski definition) is 4. The van der Waals surface area contributed by atoms with Crippen molar-refractivity contribution in [2.24, 2.45) is 5.73 Å². The summed E-state index contributed by atoms with van der Waals surface area (Å²) in [5, 5.41) is 3.55. The van der Waals surface area contributed by atoms with Gasteiger partial charge in [-0.2, -0.15) is 0 Å². The SMILES string of the molecule is NC(=O)/C(=C\c1c[nH]c2nc(NC(=O)c3cccc(N)c3)ccc12)c1ccccc1. The molecule has 0 aliphatic carbocycles. The zero-order chi connectivity index (χ0) is 21.1. The van der Waals surface area contributed by atoms with E-state index >= 15 is 0 Å². The van der Waals surface area contributed by atoms with Crippen molar-refractivity contribution in [1.29, 1.82) is 0 Å². The zero-order valence-corrected chi connectivity index (χ0v) is 15.9. The number of anilines is 2.